The van der Waals surface area contributed by atoms with Gasteiger partial charge in [-0.2, -0.15) is 0 Å². The molecule has 0 aromatic carbocycles. The molecule has 0 rings (SSSR count). The van der Waals surface area contributed by atoms with Crippen LogP contribution in [0.3, 0.4) is 0 Å². The van der Waals surface area contributed by atoms with Gasteiger partial charge in [0.15, 0.2) is 0 Å². The Morgan fingerprint density at radius 2 is 1.62 bits per heavy atom. The number of ether oxygens (including phenoxy) is 3. The predicted octanol–water partition coefficient (Wildman–Crippen LogP) is 1.54. The zero-order chi connectivity index (χ0) is 16.0. The first kappa shape index (κ1) is 20.3. The van der Waals surface area contributed by atoms with Crippen molar-refractivity contribution in [1.82, 2.24) is 5.32 Å². The fourth-order valence-corrected chi connectivity index (χ4v) is 1.73. The van der Waals surface area contributed by atoms with Crippen molar-refractivity contribution in [3.63, 3.8) is 0 Å². The number of carboxylic acids is 1. The van der Waals surface area contributed by atoms with Crippen molar-refractivity contribution in [2.24, 2.45) is 5.41 Å². The summed E-state index contributed by atoms with van der Waals surface area (Å²) in [6.45, 7) is 8.93. The molecule has 0 aliphatic rings. The van der Waals surface area contributed by atoms with E-state index in [1.165, 1.54) is 0 Å². The van der Waals surface area contributed by atoms with Crippen LogP contribution in [0.2, 0.25) is 0 Å². The molecular weight excluding hydrogens is 274 g/mol. The topological polar surface area (TPSA) is 77.0 Å². The lowest BCUT2D eigenvalue weighted by Crippen LogP contribution is -2.26. The minimum Gasteiger partial charge on any atom is -0.481 e. The fourth-order valence-electron chi connectivity index (χ4n) is 1.73. The van der Waals surface area contributed by atoms with E-state index in [2.05, 4.69) is 19.2 Å². The molecular formula is C15H31NO5. The van der Waals surface area contributed by atoms with E-state index < -0.39 is 5.97 Å². The van der Waals surface area contributed by atoms with Gasteiger partial charge in [-0.05, 0) is 24.8 Å². The maximum atomic E-state index is 10.6. The molecule has 0 heterocycles. The third kappa shape index (κ3) is 15.5. The van der Waals surface area contributed by atoms with Gasteiger partial charge in [0.25, 0.3) is 0 Å². The molecule has 0 spiro atoms. The number of methoxy groups -OCH3 is 1. The van der Waals surface area contributed by atoms with Crippen molar-refractivity contribution >= 4 is 5.97 Å². The third-order valence-electron chi connectivity index (χ3n) is 3.22. The molecule has 126 valence electrons. The molecule has 6 heteroatoms. The Labute approximate surface area is 128 Å². The Bertz CT molecular complexity index is 258. The van der Waals surface area contributed by atoms with Crippen LogP contribution < -0.4 is 5.32 Å². The lowest BCUT2D eigenvalue weighted by Gasteiger charge is -2.23. The highest BCUT2D eigenvalue weighted by Crippen LogP contribution is 2.25. The van der Waals surface area contributed by atoms with E-state index in [-0.39, 0.29) is 11.8 Å². The number of carboxylic acid groups (broad SMARTS) is 1. The standard InChI is InChI=1S/C15H31NO5/c1-15(2,5-4-14(17)18)6-7-16-8-9-20-12-13-21-11-10-19-3/h16H,4-13H2,1-3H3,(H,17,18). The number of rotatable bonds is 15. The molecule has 0 aromatic heterocycles. The van der Waals surface area contributed by atoms with Gasteiger partial charge in [0.2, 0.25) is 0 Å². The summed E-state index contributed by atoms with van der Waals surface area (Å²) in [7, 11) is 1.65. The molecule has 0 unspecified atom stereocenters. The fraction of sp³-hybridized carbons (Fsp3) is 0.933. The summed E-state index contributed by atoms with van der Waals surface area (Å²) in [6, 6.07) is 0. The van der Waals surface area contributed by atoms with Crippen LogP contribution in [-0.2, 0) is 19.0 Å². The van der Waals surface area contributed by atoms with E-state index in [9.17, 15) is 4.79 Å². The van der Waals surface area contributed by atoms with Crippen LogP contribution in [0.1, 0.15) is 33.1 Å². The molecule has 6 nitrogen and oxygen atoms in total. The van der Waals surface area contributed by atoms with Gasteiger partial charge in [-0.1, -0.05) is 13.8 Å². The van der Waals surface area contributed by atoms with Crippen LogP contribution in [0, 0.1) is 5.41 Å². The second kappa shape index (κ2) is 13.0. The minimum absolute atomic E-state index is 0.0570. The summed E-state index contributed by atoms with van der Waals surface area (Å²) in [4.78, 5) is 10.6. The summed E-state index contributed by atoms with van der Waals surface area (Å²) < 4.78 is 15.6. The molecule has 0 aromatic rings. The molecule has 0 saturated heterocycles. The van der Waals surface area contributed by atoms with E-state index in [0.29, 0.717) is 39.5 Å². The maximum absolute atomic E-state index is 10.6. The molecule has 0 bridgehead atoms. The lowest BCUT2D eigenvalue weighted by molar-refractivity contribution is -0.137. The Morgan fingerprint density at radius 1 is 1.00 bits per heavy atom. The Hall–Kier alpha value is -0.690. The second-order valence-corrected chi connectivity index (χ2v) is 5.78. The van der Waals surface area contributed by atoms with Gasteiger partial charge < -0.3 is 24.6 Å². The normalized spacial score (nSPS) is 11.8. The highest BCUT2D eigenvalue weighted by Gasteiger charge is 2.18. The molecule has 0 radical (unpaired) electrons. The van der Waals surface area contributed by atoms with Crippen LogP contribution in [0.15, 0.2) is 0 Å². The monoisotopic (exact) mass is 305 g/mol. The Morgan fingerprint density at radius 3 is 2.24 bits per heavy atom. The summed E-state index contributed by atoms with van der Waals surface area (Å²) in [6.07, 6.45) is 1.90. The summed E-state index contributed by atoms with van der Waals surface area (Å²) >= 11 is 0. The van der Waals surface area contributed by atoms with Crippen LogP contribution >= 0.6 is 0 Å². The van der Waals surface area contributed by atoms with Gasteiger partial charge in [0.1, 0.15) is 0 Å². The van der Waals surface area contributed by atoms with E-state index >= 15 is 0 Å². The summed E-state index contributed by atoms with van der Waals surface area (Å²) in [5.41, 5.74) is 0.0570. The maximum Gasteiger partial charge on any atom is 0.303 e. The van der Waals surface area contributed by atoms with Gasteiger partial charge in [-0.15, -0.1) is 0 Å². The second-order valence-electron chi connectivity index (χ2n) is 5.78. The van der Waals surface area contributed by atoms with E-state index in [4.69, 9.17) is 19.3 Å². The zero-order valence-corrected chi connectivity index (χ0v) is 13.7. The van der Waals surface area contributed by atoms with Crippen molar-refractivity contribution < 1.29 is 24.1 Å². The number of hydrogen-bond acceptors (Lipinski definition) is 5. The Kier molecular flexibility index (Phi) is 12.6. The average Bonchev–Trinajstić information content (AvgIpc) is 2.43. The highest BCUT2D eigenvalue weighted by atomic mass is 16.5. The quantitative estimate of drug-likeness (QED) is 0.447. The largest absolute Gasteiger partial charge is 0.481 e. The third-order valence-corrected chi connectivity index (χ3v) is 3.22. The molecule has 0 amide bonds. The molecule has 0 aliphatic heterocycles. The highest BCUT2D eigenvalue weighted by molar-refractivity contribution is 5.66. The summed E-state index contributed by atoms with van der Waals surface area (Å²) in [5.74, 6) is -0.725. The van der Waals surface area contributed by atoms with Gasteiger partial charge in [0.05, 0.1) is 33.0 Å². The van der Waals surface area contributed by atoms with Crippen molar-refractivity contribution in [2.75, 3.05) is 53.2 Å². The van der Waals surface area contributed by atoms with Gasteiger partial charge in [0, 0.05) is 20.1 Å². The average molecular weight is 305 g/mol. The van der Waals surface area contributed by atoms with Crippen LogP contribution in [0.5, 0.6) is 0 Å². The Balaban J connectivity index is 3.29. The minimum atomic E-state index is -0.725. The first-order chi connectivity index (χ1) is 9.98. The number of aliphatic carboxylic acids is 1. The van der Waals surface area contributed by atoms with E-state index in [1.807, 2.05) is 0 Å². The van der Waals surface area contributed by atoms with Crippen LogP contribution in [0.25, 0.3) is 0 Å². The van der Waals surface area contributed by atoms with Gasteiger partial charge in [-0.3, -0.25) is 4.79 Å². The molecule has 0 saturated carbocycles. The number of carbonyl (C=O) groups is 1. The van der Waals surface area contributed by atoms with Crippen molar-refractivity contribution in [3.8, 4) is 0 Å². The predicted molar refractivity (Wildman–Crippen MR) is 81.7 cm³/mol. The number of nitrogens with one attached hydrogen (secondary N) is 1. The van der Waals surface area contributed by atoms with Crippen molar-refractivity contribution in [2.45, 2.75) is 33.1 Å². The first-order valence-electron chi connectivity index (χ1n) is 7.55. The lowest BCUT2D eigenvalue weighted by atomic mass is 9.84. The molecule has 0 atom stereocenters. The molecule has 0 fully saturated rings. The zero-order valence-electron chi connectivity index (χ0n) is 13.7. The molecule has 0 aliphatic carbocycles. The smallest absolute Gasteiger partial charge is 0.303 e. The van der Waals surface area contributed by atoms with E-state index in [1.54, 1.807) is 7.11 Å². The SMILES string of the molecule is COCCOCCOCCNCCC(C)(C)CCC(=O)O. The molecule has 2 N–H and O–H groups in total. The summed E-state index contributed by atoms with van der Waals surface area (Å²) in [5, 5.41) is 12.0. The first-order valence-corrected chi connectivity index (χ1v) is 7.55. The van der Waals surface area contributed by atoms with Crippen molar-refractivity contribution in [3.05, 3.63) is 0 Å². The van der Waals surface area contributed by atoms with Gasteiger partial charge >= 0.3 is 5.97 Å². The number of hydrogen-bond donors (Lipinski definition) is 2. The van der Waals surface area contributed by atoms with Crippen LogP contribution in [-0.4, -0.2) is 64.3 Å². The van der Waals surface area contributed by atoms with Crippen molar-refractivity contribution in [1.29, 1.82) is 0 Å². The molecule has 21 heavy (non-hydrogen) atoms. The van der Waals surface area contributed by atoms with Crippen LogP contribution in [0.4, 0.5) is 0 Å². The van der Waals surface area contributed by atoms with E-state index in [0.717, 1.165) is 19.5 Å². The van der Waals surface area contributed by atoms with Gasteiger partial charge in [-0.25, -0.2) is 0 Å².